The molecule has 86 valence electrons. The number of hydrogen-bond acceptors (Lipinski definition) is 2. The van der Waals surface area contributed by atoms with Crippen LogP contribution in [-0.2, 0) is 0 Å². The van der Waals surface area contributed by atoms with E-state index in [4.69, 9.17) is 10.5 Å². The summed E-state index contributed by atoms with van der Waals surface area (Å²) in [5, 5.41) is 0. The maximum absolute atomic E-state index is 6.24. The molecule has 2 nitrogen and oxygen atoms in total. The van der Waals surface area contributed by atoms with Gasteiger partial charge in [0, 0.05) is 18.0 Å². The van der Waals surface area contributed by atoms with Crippen LogP contribution in [0, 0.1) is 12.8 Å². The summed E-state index contributed by atoms with van der Waals surface area (Å²) in [6.45, 7) is 2.10. The minimum Gasteiger partial charge on any atom is -0.490 e. The van der Waals surface area contributed by atoms with Gasteiger partial charge in [-0.25, -0.2) is 0 Å². The number of ether oxygens (including phenoxy) is 1. The molecule has 2 heteroatoms. The van der Waals surface area contributed by atoms with Crippen LogP contribution in [0.4, 0.5) is 0 Å². The topological polar surface area (TPSA) is 35.2 Å². The van der Waals surface area contributed by atoms with Gasteiger partial charge < -0.3 is 10.5 Å². The number of nitrogens with two attached hydrogens (primary N) is 1. The average Bonchev–Trinajstić information content (AvgIpc) is 2.17. The van der Waals surface area contributed by atoms with E-state index < -0.39 is 0 Å². The maximum atomic E-state index is 6.24. The van der Waals surface area contributed by atoms with Crippen LogP contribution in [0.1, 0.15) is 42.9 Å². The molecule has 0 aromatic heterocycles. The van der Waals surface area contributed by atoms with E-state index >= 15 is 0 Å². The molecule has 1 aliphatic heterocycles. The normalized spacial score (nSPS) is 29.1. The zero-order chi connectivity index (χ0) is 11.1. The van der Waals surface area contributed by atoms with Crippen molar-refractivity contribution >= 4 is 0 Å². The Hall–Kier alpha value is -1.02. The molecule has 2 N–H and O–H groups in total. The molecule has 2 aliphatic rings. The van der Waals surface area contributed by atoms with Crippen molar-refractivity contribution < 1.29 is 4.74 Å². The molecule has 1 fully saturated rings. The highest BCUT2D eigenvalue weighted by Gasteiger charge is 2.34. The lowest BCUT2D eigenvalue weighted by molar-refractivity contribution is 0.0579. The fraction of sp³-hybridized carbons (Fsp3) is 0.571. The molecule has 1 saturated carbocycles. The fourth-order valence-electron chi connectivity index (χ4n) is 2.75. The number of rotatable bonds is 1. The second-order valence-electron chi connectivity index (χ2n) is 5.23. The zero-order valence-electron chi connectivity index (χ0n) is 9.78. The third-order valence-corrected chi connectivity index (χ3v) is 4.00. The molecule has 1 unspecified atom stereocenters. The second-order valence-corrected chi connectivity index (χ2v) is 5.23. The SMILES string of the molecule is Cc1ccc2c(c1)[C@H](N)CC(C1CCC1)O2. The molecule has 1 aliphatic carbocycles. The first kappa shape index (κ1) is 10.2. The molecule has 1 aromatic carbocycles. The summed E-state index contributed by atoms with van der Waals surface area (Å²) >= 11 is 0. The average molecular weight is 217 g/mol. The van der Waals surface area contributed by atoms with E-state index in [0.717, 1.165) is 18.1 Å². The molecular formula is C14H19NO. The third-order valence-electron chi connectivity index (χ3n) is 4.00. The Morgan fingerprint density at radius 3 is 2.81 bits per heavy atom. The van der Waals surface area contributed by atoms with Crippen LogP contribution in [0.3, 0.4) is 0 Å². The maximum Gasteiger partial charge on any atom is 0.124 e. The van der Waals surface area contributed by atoms with E-state index in [-0.39, 0.29) is 6.04 Å². The molecule has 2 atom stereocenters. The van der Waals surface area contributed by atoms with Crippen molar-refractivity contribution in [2.24, 2.45) is 11.7 Å². The van der Waals surface area contributed by atoms with Gasteiger partial charge in [0.25, 0.3) is 0 Å². The number of fused-ring (bicyclic) bond motifs is 1. The summed E-state index contributed by atoms with van der Waals surface area (Å²) < 4.78 is 6.08. The number of hydrogen-bond donors (Lipinski definition) is 1. The van der Waals surface area contributed by atoms with Crippen molar-refractivity contribution in [3.05, 3.63) is 29.3 Å². The Kier molecular flexibility index (Phi) is 2.40. The van der Waals surface area contributed by atoms with Crippen LogP contribution < -0.4 is 10.5 Å². The van der Waals surface area contributed by atoms with Gasteiger partial charge in [-0.2, -0.15) is 0 Å². The lowest BCUT2D eigenvalue weighted by Gasteiger charge is -2.39. The molecule has 1 aromatic rings. The summed E-state index contributed by atoms with van der Waals surface area (Å²) in [5.41, 5.74) is 8.70. The Balaban J connectivity index is 1.87. The molecule has 16 heavy (non-hydrogen) atoms. The predicted molar refractivity (Wildman–Crippen MR) is 64.5 cm³/mol. The predicted octanol–water partition coefficient (Wildman–Crippen LogP) is 2.95. The van der Waals surface area contributed by atoms with Gasteiger partial charge >= 0.3 is 0 Å². The van der Waals surface area contributed by atoms with Gasteiger partial charge in [0.05, 0.1) is 0 Å². The highest BCUT2D eigenvalue weighted by Crippen LogP contribution is 2.41. The molecule has 0 radical (unpaired) electrons. The van der Waals surface area contributed by atoms with Gasteiger partial charge in [-0.15, -0.1) is 0 Å². The molecule has 0 amide bonds. The summed E-state index contributed by atoms with van der Waals surface area (Å²) in [6.07, 6.45) is 5.35. The van der Waals surface area contributed by atoms with Crippen molar-refractivity contribution in [3.63, 3.8) is 0 Å². The van der Waals surface area contributed by atoms with E-state index in [1.165, 1.54) is 30.4 Å². The highest BCUT2D eigenvalue weighted by molar-refractivity contribution is 5.40. The first-order chi connectivity index (χ1) is 7.74. The van der Waals surface area contributed by atoms with E-state index in [1.807, 2.05) is 0 Å². The highest BCUT2D eigenvalue weighted by atomic mass is 16.5. The van der Waals surface area contributed by atoms with E-state index in [1.54, 1.807) is 0 Å². The Morgan fingerprint density at radius 1 is 1.31 bits per heavy atom. The summed E-state index contributed by atoms with van der Waals surface area (Å²) in [7, 11) is 0. The van der Waals surface area contributed by atoms with Crippen LogP contribution in [0.5, 0.6) is 5.75 Å². The van der Waals surface area contributed by atoms with Crippen molar-refractivity contribution in [1.29, 1.82) is 0 Å². The van der Waals surface area contributed by atoms with Crippen LogP contribution in [-0.4, -0.2) is 6.10 Å². The Bertz CT molecular complexity index is 398. The van der Waals surface area contributed by atoms with E-state index in [0.29, 0.717) is 6.10 Å². The summed E-state index contributed by atoms with van der Waals surface area (Å²) in [5.74, 6) is 1.77. The largest absolute Gasteiger partial charge is 0.490 e. The van der Waals surface area contributed by atoms with Crippen molar-refractivity contribution in [3.8, 4) is 5.75 Å². The van der Waals surface area contributed by atoms with Gasteiger partial charge in [-0.1, -0.05) is 24.1 Å². The minimum atomic E-state index is 0.161. The Morgan fingerprint density at radius 2 is 2.12 bits per heavy atom. The molecule has 0 spiro atoms. The lowest BCUT2D eigenvalue weighted by atomic mass is 9.77. The van der Waals surface area contributed by atoms with Crippen molar-refractivity contribution in [1.82, 2.24) is 0 Å². The Labute approximate surface area is 96.8 Å². The number of aryl methyl sites for hydroxylation is 1. The van der Waals surface area contributed by atoms with Gasteiger partial charge in [0.15, 0.2) is 0 Å². The summed E-state index contributed by atoms with van der Waals surface area (Å²) in [4.78, 5) is 0. The molecular weight excluding hydrogens is 198 g/mol. The molecule has 1 heterocycles. The summed E-state index contributed by atoms with van der Waals surface area (Å²) in [6, 6.07) is 6.51. The number of benzene rings is 1. The molecule has 0 saturated heterocycles. The van der Waals surface area contributed by atoms with Gasteiger partial charge in [0.1, 0.15) is 11.9 Å². The first-order valence-electron chi connectivity index (χ1n) is 6.27. The van der Waals surface area contributed by atoms with Crippen LogP contribution in [0.25, 0.3) is 0 Å². The lowest BCUT2D eigenvalue weighted by Crippen LogP contribution is -2.38. The molecule has 3 rings (SSSR count). The minimum absolute atomic E-state index is 0.161. The van der Waals surface area contributed by atoms with Crippen molar-refractivity contribution in [2.75, 3.05) is 0 Å². The quantitative estimate of drug-likeness (QED) is 0.785. The standard InChI is InChI=1S/C14H19NO/c1-9-5-6-13-11(7-9)12(15)8-14(16-13)10-3-2-4-10/h5-7,10,12,14H,2-4,8,15H2,1H3/t12-,14?/m1/s1. The monoisotopic (exact) mass is 217 g/mol. The van der Waals surface area contributed by atoms with Gasteiger partial charge in [-0.3, -0.25) is 0 Å². The van der Waals surface area contributed by atoms with E-state index in [9.17, 15) is 0 Å². The van der Waals surface area contributed by atoms with Crippen LogP contribution >= 0.6 is 0 Å². The van der Waals surface area contributed by atoms with Gasteiger partial charge in [0.2, 0.25) is 0 Å². The van der Waals surface area contributed by atoms with E-state index in [2.05, 4.69) is 25.1 Å². The second kappa shape index (κ2) is 3.77. The smallest absolute Gasteiger partial charge is 0.124 e. The van der Waals surface area contributed by atoms with Crippen LogP contribution in [0.15, 0.2) is 18.2 Å². The van der Waals surface area contributed by atoms with Gasteiger partial charge in [-0.05, 0) is 31.7 Å². The zero-order valence-corrected chi connectivity index (χ0v) is 9.78. The molecule has 0 bridgehead atoms. The first-order valence-corrected chi connectivity index (χ1v) is 6.27. The van der Waals surface area contributed by atoms with Crippen molar-refractivity contribution in [2.45, 2.75) is 44.8 Å². The third kappa shape index (κ3) is 1.61. The fourth-order valence-corrected chi connectivity index (χ4v) is 2.75. The van der Waals surface area contributed by atoms with Crippen LogP contribution in [0.2, 0.25) is 0 Å².